The number of aromatic nitrogens is 1. The van der Waals surface area contributed by atoms with E-state index >= 15 is 0 Å². The number of thiazole rings is 1. The number of nitrogens with one attached hydrogen (secondary N) is 1. The molecule has 0 saturated carbocycles. The molecule has 0 aliphatic heterocycles. The van der Waals surface area contributed by atoms with Gasteiger partial charge in [0.15, 0.2) is 5.13 Å². The Kier molecular flexibility index (Phi) is 6.92. The second-order valence-electron chi connectivity index (χ2n) is 6.13. The third kappa shape index (κ3) is 5.77. The van der Waals surface area contributed by atoms with Crippen molar-refractivity contribution in [3.63, 3.8) is 0 Å². The van der Waals surface area contributed by atoms with Crippen LogP contribution in [0.4, 0.5) is 5.13 Å². The SMILES string of the molecule is CCCc1nc(N(C)CCOC)sc1CNC(C)(C)C. The van der Waals surface area contributed by atoms with E-state index < -0.39 is 0 Å². The number of hydrogen-bond acceptors (Lipinski definition) is 5. The maximum Gasteiger partial charge on any atom is 0.185 e. The lowest BCUT2D eigenvalue weighted by atomic mass is 10.1. The Morgan fingerprint density at radius 3 is 2.60 bits per heavy atom. The van der Waals surface area contributed by atoms with Gasteiger partial charge in [0, 0.05) is 37.7 Å². The van der Waals surface area contributed by atoms with Crippen molar-refractivity contribution in [2.24, 2.45) is 0 Å². The molecule has 0 unspecified atom stereocenters. The van der Waals surface area contributed by atoms with Gasteiger partial charge in [0.25, 0.3) is 0 Å². The van der Waals surface area contributed by atoms with E-state index in [1.165, 1.54) is 10.6 Å². The van der Waals surface area contributed by atoms with Crippen molar-refractivity contribution in [2.45, 2.75) is 52.6 Å². The van der Waals surface area contributed by atoms with E-state index in [1.807, 2.05) is 0 Å². The molecule has 1 N–H and O–H groups in total. The van der Waals surface area contributed by atoms with Gasteiger partial charge >= 0.3 is 0 Å². The Balaban J connectivity index is 2.78. The van der Waals surface area contributed by atoms with Crippen LogP contribution in [0, 0.1) is 0 Å². The average Bonchev–Trinajstić information content (AvgIpc) is 2.76. The zero-order valence-corrected chi connectivity index (χ0v) is 14.6. The number of hydrogen-bond donors (Lipinski definition) is 1. The summed E-state index contributed by atoms with van der Waals surface area (Å²) in [5.74, 6) is 0. The van der Waals surface area contributed by atoms with Crippen molar-refractivity contribution in [3.8, 4) is 0 Å². The average molecular weight is 299 g/mol. The lowest BCUT2D eigenvalue weighted by Gasteiger charge is -2.20. The quantitative estimate of drug-likeness (QED) is 0.800. The molecule has 0 radical (unpaired) electrons. The molecule has 4 nitrogen and oxygen atoms in total. The van der Waals surface area contributed by atoms with Gasteiger partial charge < -0.3 is 15.0 Å². The smallest absolute Gasteiger partial charge is 0.185 e. The maximum absolute atomic E-state index is 5.13. The van der Waals surface area contributed by atoms with Gasteiger partial charge in [-0.3, -0.25) is 0 Å². The molecular weight excluding hydrogens is 270 g/mol. The summed E-state index contributed by atoms with van der Waals surface area (Å²) in [7, 11) is 3.81. The van der Waals surface area contributed by atoms with Crippen LogP contribution in [0.2, 0.25) is 0 Å². The summed E-state index contributed by atoms with van der Waals surface area (Å²) in [6, 6.07) is 0. The first-order valence-electron chi connectivity index (χ1n) is 7.31. The number of ether oxygens (including phenoxy) is 1. The van der Waals surface area contributed by atoms with E-state index in [0.717, 1.165) is 37.7 Å². The van der Waals surface area contributed by atoms with Crippen LogP contribution in [0.3, 0.4) is 0 Å². The van der Waals surface area contributed by atoms with E-state index in [4.69, 9.17) is 9.72 Å². The van der Waals surface area contributed by atoms with Gasteiger partial charge in [-0.2, -0.15) is 0 Å². The van der Waals surface area contributed by atoms with Crippen LogP contribution in [-0.4, -0.2) is 37.8 Å². The van der Waals surface area contributed by atoms with Crippen LogP contribution < -0.4 is 10.2 Å². The van der Waals surface area contributed by atoms with Crippen LogP contribution >= 0.6 is 11.3 Å². The Bertz CT molecular complexity index is 398. The molecule has 0 bridgehead atoms. The number of aryl methyl sites for hydroxylation is 1. The van der Waals surface area contributed by atoms with Gasteiger partial charge in [0.05, 0.1) is 12.3 Å². The highest BCUT2D eigenvalue weighted by atomic mass is 32.1. The van der Waals surface area contributed by atoms with Gasteiger partial charge in [-0.1, -0.05) is 13.3 Å². The highest BCUT2D eigenvalue weighted by Gasteiger charge is 2.16. The van der Waals surface area contributed by atoms with Crippen molar-refractivity contribution in [2.75, 3.05) is 32.2 Å². The monoisotopic (exact) mass is 299 g/mol. The van der Waals surface area contributed by atoms with Gasteiger partial charge in [0.1, 0.15) is 0 Å². The molecule has 0 saturated heterocycles. The molecule has 1 aromatic heterocycles. The molecule has 5 heteroatoms. The van der Waals surface area contributed by atoms with E-state index in [0.29, 0.717) is 0 Å². The van der Waals surface area contributed by atoms with Crippen LogP contribution in [0.25, 0.3) is 0 Å². The largest absolute Gasteiger partial charge is 0.383 e. The number of rotatable bonds is 8. The molecule has 1 aromatic rings. The molecule has 0 fully saturated rings. The standard InChI is InChI=1S/C15H29N3OS/c1-7-8-12-13(11-16-15(2,3)4)20-14(17-12)18(5)9-10-19-6/h16H,7-11H2,1-6H3. The summed E-state index contributed by atoms with van der Waals surface area (Å²) < 4.78 is 5.13. The first kappa shape index (κ1) is 17.4. The zero-order chi connectivity index (χ0) is 15.2. The van der Waals surface area contributed by atoms with Crippen LogP contribution in [-0.2, 0) is 17.7 Å². The molecule has 1 heterocycles. The van der Waals surface area contributed by atoms with Crippen LogP contribution in [0.1, 0.15) is 44.7 Å². The Labute approximate surface area is 127 Å². The third-order valence-electron chi connectivity index (χ3n) is 2.99. The highest BCUT2D eigenvalue weighted by Crippen LogP contribution is 2.27. The first-order valence-corrected chi connectivity index (χ1v) is 8.12. The molecule has 1 rings (SSSR count). The molecule has 0 aliphatic rings. The van der Waals surface area contributed by atoms with Gasteiger partial charge in [-0.15, -0.1) is 11.3 Å². The minimum atomic E-state index is 0.135. The number of likely N-dealkylation sites (N-methyl/N-ethyl adjacent to an activating group) is 1. The fourth-order valence-electron chi connectivity index (χ4n) is 1.77. The van der Waals surface area contributed by atoms with Gasteiger partial charge in [-0.05, 0) is 27.2 Å². The maximum atomic E-state index is 5.13. The highest BCUT2D eigenvalue weighted by molar-refractivity contribution is 7.15. The van der Waals surface area contributed by atoms with Crippen LogP contribution in [0.5, 0.6) is 0 Å². The summed E-state index contributed by atoms with van der Waals surface area (Å²) >= 11 is 1.80. The molecular formula is C15H29N3OS. The summed E-state index contributed by atoms with van der Waals surface area (Å²) in [6.45, 7) is 11.3. The summed E-state index contributed by atoms with van der Waals surface area (Å²) in [4.78, 5) is 8.34. The lowest BCUT2D eigenvalue weighted by Crippen LogP contribution is -2.35. The Morgan fingerprint density at radius 2 is 2.05 bits per heavy atom. The Morgan fingerprint density at radius 1 is 1.35 bits per heavy atom. The molecule has 0 spiro atoms. The molecule has 0 atom stereocenters. The minimum absolute atomic E-state index is 0.135. The van der Waals surface area contributed by atoms with Gasteiger partial charge in [0.2, 0.25) is 0 Å². The van der Waals surface area contributed by atoms with Crippen molar-refractivity contribution in [1.29, 1.82) is 0 Å². The molecule has 0 amide bonds. The normalized spacial score (nSPS) is 11.9. The third-order valence-corrected chi connectivity index (χ3v) is 4.20. The lowest BCUT2D eigenvalue weighted by molar-refractivity contribution is 0.206. The van der Waals surface area contributed by atoms with E-state index in [9.17, 15) is 0 Å². The van der Waals surface area contributed by atoms with Crippen LogP contribution in [0.15, 0.2) is 0 Å². The summed E-state index contributed by atoms with van der Waals surface area (Å²) in [6.07, 6.45) is 2.18. The number of anilines is 1. The number of nitrogens with zero attached hydrogens (tertiary/aromatic N) is 2. The molecule has 20 heavy (non-hydrogen) atoms. The topological polar surface area (TPSA) is 37.4 Å². The summed E-state index contributed by atoms with van der Waals surface area (Å²) in [5.41, 5.74) is 1.38. The van der Waals surface area contributed by atoms with Crippen molar-refractivity contribution in [1.82, 2.24) is 10.3 Å². The van der Waals surface area contributed by atoms with Crippen molar-refractivity contribution < 1.29 is 4.74 Å². The second kappa shape index (κ2) is 7.96. The predicted octanol–water partition coefficient (Wildman–Crippen LogP) is 3.07. The molecule has 0 aliphatic carbocycles. The van der Waals surface area contributed by atoms with E-state index in [2.05, 4.69) is 45.0 Å². The fraction of sp³-hybridized carbons (Fsp3) is 0.800. The zero-order valence-electron chi connectivity index (χ0n) is 13.7. The molecule has 0 aromatic carbocycles. The first-order chi connectivity index (χ1) is 9.37. The van der Waals surface area contributed by atoms with Gasteiger partial charge in [-0.25, -0.2) is 4.98 Å². The summed E-state index contributed by atoms with van der Waals surface area (Å²) in [5, 5.41) is 4.65. The second-order valence-corrected chi connectivity index (χ2v) is 7.20. The minimum Gasteiger partial charge on any atom is -0.383 e. The van der Waals surface area contributed by atoms with E-state index in [-0.39, 0.29) is 5.54 Å². The predicted molar refractivity (Wildman–Crippen MR) is 87.8 cm³/mol. The Hall–Kier alpha value is -0.650. The fourth-order valence-corrected chi connectivity index (χ4v) is 2.81. The molecule has 116 valence electrons. The van der Waals surface area contributed by atoms with Crippen molar-refractivity contribution >= 4 is 16.5 Å². The van der Waals surface area contributed by atoms with Crippen molar-refractivity contribution in [3.05, 3.63) is 10.6 Å². The van der Waals surface area contributed by atoms with E-state index in [1.54, 1.807) is 18.4 Å². The number of methoxy groups -OCH3 is 1.